The van der Waals surface area contributed by atoms with Crippen molar-refractivity contribution in [1.29, 1.82) is 0 Å². The van der Waals surface area contributed by atoms with Crippen molar-refractivity contribution in [2.75, 3.05) is 6.61 Å². The maximum Gasteiger partial charge on any atom is 0.223 e. The van der Waals surface area contributed by atoms with Crippen LogP contribution in [-0.2, 0) is 19.0 Å². The molecule has 6 atom stereocenters. The first-order valence-electron chi connectivity index (χ1n) is 9.16. The number of nitrogens with one attached hydrogen (secondary N) is 1. The van der Waals surface area contributed by atoms with Gasteiger partial charge in [0.1, 0.15) is 30.1 Å². The van der Waals surface area contributed by atoms with Gasteiger partial charge in [0, 0.05) is 6.92 Å². The third-order valence-corrected chi connectivity index (χ3v) is 4.85. The van der Waals surface area contributed by atoms with Gasteiger partial charge >= 0.3 is 0 Å². The van der Waals surface area contributed by atoms with Crippen molar-refractivity contribution in [1.82, 2.24) is 5.32 Å². The van der Waals surface area contributed by atoms with Gasteiger partial charge in [-0.2, -0.15) is 0 Å². The van der Waals surface area contributed by atoms with E-state index in [0.717, 1.165) is 5.56 Å². The molecule has 2 fully saturated rings. The SMILES string of the molecule is CC(=O)N[C@@H]1[C@@H](Oc2ccccc2C)O[C@H]2CO[C@H](c3ccco3)O[C@@H]2[C@H]1O. The van der Waals surface area contributed by atoms with E-state index in [9.17, 15) is 9.90 Å². The number of hydrogen-bond donors (Lipinski definition) is 2. The second-order valence-electron chi connectivity index (χ2n) is 6.92. The summed E-state index contributed by atoms with van der Waals surface area (Å²) in [5.41, 5.74) is 0.915. The van der Waals surface area contributed by atoms with Gasteiger partial charge in [0.15, 0.2) is 5.76 Å². The summed E-state index contributed by atoms with van der Waals surface area (Å²) < 4.78 is 28.9. The Morgan fingerprint density at radius 2 is 2.04 bits per heavy atom. The van der Waals surface area contributed by atoms with Crippen LogP contribution >= 0.6 is 0 Å². The summed E-state index contributed by atoms with van der Waals surface area (Å²) in [6.07, 6.45) is -2.45. The zero-order valence-electron chi connectivity index (χ0n) is 15.6. The van der Waals surface area contributed by atoms with Crippen LogP contribution in [0.3, 0.4) is 0 Å². The number of aryl methyl sites for hydroxylation is 1. The molecule has 2 N–H and O–H groups in total. The zero-order valence-corrected chi connectivity index (χ0v) is 15.6. The van der Waals surface area contributed by atoms with Crippen LogP contribution in [0.5, 0.6) is 5.75 Å². The third kappa shape index (κ3) is 3.77. The van der Waals surface area contributed by atoms with Crippen molar-refractivity contribution in [3.05, 3.63) is 54.0 Å². The van der Waals surface area contributed by atoms with E-state index in [1.54, 1.807) is 12.1 Å². The summed E-state index contributed by atoms with van der Waals surface area (Å²) in [5, 5.41) is 13.7. The van der Waals surface area contributed by atoms with E-state index in [0.29, 0.717) is 11.5 Å². The lowest BCUT2D eigenvalue weighted by Gasteiger charge is -2.47. The van der Waals surface area contributed by atoms with E-state index in [4.69, 9.17) is 23.4 Å². The average Bonchev–Trinajstić information content (AvgIpc) is 3.21. The molecule has 8 nitrogen and oxygen atoms in total. The molecule has 150 valence electrons. The lowest BCUT2D eigenvalue weighted by atomic mass is 9.96. The highest BCUT2D eigenvalue weighted by molar-refractivity contribution is 5.73. The number of amides is 1. The van der Waals surface area contributed by atoms with Crippen molar-refractivity contribution in [3.8, 4) is 5.75 Å². The molecule has 28 heavy (non-hydrogen) atoms. The first-order chi connectivity index (χ1) is 13.5. The van der Waals surface area contributed by atoms with Gasteiger partial charge in [0.2, 0.25) is 18.5 Å². The Morgan fingerprint density at radius 3 is 2.75 bits per heavy atom. The van der Waals surface area contributed by atoms with E-state index in [2.05, 4.69) is 5.32 Å². The van der Waals surface area contributed by atoms with E-state index in [1.807, 2.05) is 31.2 Å². The Hall–Kier alpha value is -2.39. The monoisotopic (exact) mass is 389 g/mol. The Bertz CT molecular complexity index is 809. The van der Waals surface area contributed by atoms with Crippen molar-refractivity contribution in [2.45, 2.75) is 50.8 Å². The van der Waals surface area contributed by atoms with Gasteiger partial charge in [-0.3, -0.25) is 4.79 Å². The second-order valence-corrected chi connectivity index (χ2v) is 6.92. The molecular weight excluding hydrogens is 366 g/mol. The Kier molecular flexibility index (Phi) is 5.36. The fraction of sp³-hybridized carbons (Fsp3) is 0.450. The van der Waals surface area contributed by atoms with E-state index in [-0.39, 0.29) is 12.5 Å². The molecular formula is C20H23NO7. The predicted molar refractivity (Wildman–Crippen MR) is 96.4 cm³/mol. The topological polar surface area (TPSA) is 99.4 Å². The molecule has 1 aromatic carbocycles. The minimum absolute atomic E-state index is 0.188. The normalized spacial score (nSPS) is 32.4. The van der Waals surface area contributed by atoms with Gasteiger partial charge in [-0.15, -0.1) is 0 Å². The number of carbonyl (C=O) groups is 1. The van der Waals surface area contributed by atoms with Crippen LogP contribution in [0.25, 0.3) is 0 Å². The maximum atomic E-state index is 11.7. The zero-order chi connectivity index (χ0) is 19.7. The lowest BCUT2D eigenvalue weighted by Crippen LogP contribution is -2.67. The lowest BCUT2D eigenvalue weighted by molar-refractivity contribution is -0.336. The first-order valence-corrected chi connectivity index (χ1v) is 9.16. The molecule has 2 saturated heterocycles. The van der Waals surface area contributed by atoms with E-state index in [1.165, 1.54) is 13.2 Å². The average molecular weight is 389 g/mol. The predicted octanol–water partition coefficient (Wildman–Crippen LogP) is 1.67. The minimum Gasteiger partial charge on any atom is -0.464 e. The molecule has 8 heteroatoms. The molecule has 0 aliphatic carbocycles. The molecule has 0 saturated carbocycles. The van der Waals surface area contributed by atoms with Crippen LogP contribution in [0, 0.1) is 6.92 Å². The molecule has 0 bridgehead atoms. The van der Waals surface area contributed by atoms with Crippen molar-refractivity contribution in [2.24, 2.45) is 0 Å². The number of aliphatic hydroxyl groups is 1. The van der Waals surface area contributed by atoms with Crippen LogP contribution in [0.1, 0.15) is 24.5 Å². The standard InChI is InChI=1S/C20H23NO7/c1-11-6-3-4-7-13(11)26-20-16(21-12(2)22)17(23)18-15(27-20)10-25-19(28-18)14-8-5-9-24-14/h3-9,15-20,23H,10H2,1-2H3,(H,21,22)/t15-,16-,17-,18-,19-,20-/m0/s1. The molecule has 0 spiro atoms. The quantitative estimate of drug-likeness (QED) is 0.821. The van der Waals surface area contributed by atoms with Crippen molar-refractivity contribution >= 4 is 5.91 Å². The second kappa shape index (κ2) is 7.92. The van der Waals surface area contributed by atoms with Gasteiger partial charge < -0.3 is 33.8 Å². The number of fused-ring (bicyclic) bond motifs is 1. The van der Waals surface area contributed by atoms with Gasteiger partial charge in [0.05, 0.1) is 12.9 Å². The molecule has 2 aliphatic rings. The van der Waals surface area contributed by atoms with Crippen LogP contribution < -0.4 is 10.1 Å². The summed E-state index contributed by atoms with van der Waals surface area (Å²) in [6, 6.07) is 10.1. The van der Waals surface area contributed by atoms with Crippen LogP contribution in [0.15, 0.2) is 47.1 Å². The van der Waals surface area contributed by atoms with E-state index >= 15 is 0 Å². The Morgan fingerprint density at radius 1 is 1.21 bits per heavy atom. The number of hydrogen-bond acceptors (Lipinski definition) is 7. The smallest absolute Gasteiger partial charge is 0.223 e. The van der Waals surface area contributed by atoms with Gasteiger partial charge in [-0.25, -0.2) is 0 Å². The summed E-state index contributed by atoms with van der Waals surface area (Å²) in [5.74, 6) is 0.804. The van der Waals surface area contributed by atoms with Crippen LogP contribution in [-0.4, -0.2) is 48.3 Å². The van der Waals surface area contributed by atoms with Crippen molar-refractivity contribution in [3.63, 3.8) is 0 Å². The third-order valence-electron chi connectivity index (χ3n) is 4.85. The number of carbonyl (C=O) groups excluding carboxylic acids is 1. The van der Waals surface area contributed by atoms with E-state index < -0.39 is 36.9 Å². The molecule has 0 unspecified atom stereocenters. The molecule has 0 radical (unpaired) electrons. The summed E-state index contributed by atoms with van der Waals surface area (Å²) in [7, 11) is 0. The maximum absolute atomic E-state index is 11.7. The largest absolute Gasteiger partial charge is 0.464 e. The van der Waals surface area contributed by atoms with Crippen LogP contribution in [0.2, 0.25) is 0 Å². The van der Waals surface area contributed by atoms with Crippen LogP contribution in [0.4, 0.5) is 0 Å². The number of aliphatic hydroxyl groups excluding tert-OH is 1. The number of para-hydroxylation sites is 1. The summed E-state index contributed by atoms with van der Waals surface area (Å²) >= 11 is 0. The highest BCUT2D eigenvalue weighted by atomic mass is 16.8. The van der Waals surface area contributed by atoms with Gasteiger partial charge in [0.25, 0.3) is 0 Å². The number of benzene rings is 1. The molecule has 2 aliphatic heterocycles. The Balaban J connectivity index is 1.55. The number of furan rings is 1. The van der Waals surface area contributed by atoms with Crippen molar-refractivity contribution < 1.29 is 33.3 Å². The highest BCUT2D eigenvalue weighted by Gasteiger charge is 2.51. The molecule has 1 aromatic heterocycles. The highest BCUT2D eigenvalue weighted by Crippen LogP contribution is 2.35. The molecule has 4 rings (SSSR count). The molecule has 1 amide bonds. The number of ether oxygens (including phenoxy) is 4. The molecule has 2 aromatic rings. The fourth-order valence-corrected chi connectivity index (χ4v) is 3.46. The first kappa shape index (κ1) is 18.9. The summed E-state index contributed by atoms with van der Waals surface area (Å²) in [4.78, 5) is 11.7. The van der Waals surface area contributed by atoms with Gasteiger partial charge in [-0.1, -0.05) is 18.2 Å². The summed E-state index contributed by atoms with van der Waals surface area (Å²) in [6.45, 7) is 3.47. The Labute approximate surface area is 162 Å². The minimum atomic E-state index is -1.06. The fourth-order valence-electron chi connectivity index (χ4n) is 3.46. The molecule has 3 heterocycles. The number of rotatable bonds is 4. The van der Waals surface area contributed by atoms with Gasteiger partial charge in [-0.05, 0) is 30.7 Å².